The third kappa shape index (κ3) is 9.17. The average molecular weight is 934 g/mol. The van der Waals surface area contributed by atoms with Crippen molar-refractivity contribution in [3.05, 3.63) is 173 Å². The number of carbonyl (C=O) groups is 2. The lowest BCUT2D eigenvalue weighted by Crippen LogP contribution is -2.15. The van der Waals surface area contributed by atoms with E-state index in [0.717, 1.165) is 5.69 Å². The Morgan fingerprint density at radius 2 is 1.15 bits per heavy atom. The molecule has 0 saturated heterocycles. The fraction of sp³-hybridized carbons (Fsp3) is 0.0417. The van der Waals surface area contributed by atoms with Crippen LogP contribution >= 0.6 is 11.6 Å². The van der Waals surface area contributed by atoms with Gasteiger partial charge >= 0.3 is 11.9 Å². The van der Waals surface area contributed by atoms with Gasteiger partial charge in [0.15, 0.2) is 0 Å². The highest BCUT2D eigenvalue weighted by atomic mass is 35.5. The van der Waals surface area contributed by atoms with Crippen molar-refractivity contribution in [2.45, 2.75) is 9.79 Å². The molecule has 8 aromatic rings. The summed E-state index contributed by atoms with van der Waals surface area (Å²) >= 11 is 7.07. The predicted molar refractivity (Wildman–Crippen MR) is 251 cm³/mol. The van der Waals surface area contributed by atoms with Gasteiger partial charge in [-0.2, -0.15) is 0 Å². The Kier molecular flexibility index (Phi) is 12.1. The molecular weight excluding hydrogens is 902 g/mol. The van der Waals surface area contributed by atoms with Gasteiger partial charge in [0.05, 0.1) is 27.4 Å². The minimum absolute atomic E-state index is 0.0646. The van der Waals surface area contributed by atoms with Crippen LogP contribution < -0.4 is 14.3 Å². The zero-order chi connectivity index (χ0) is 46.8. The topological polar surface area (TPSA) is 222 Å². The van der Waals surface area contributed by atoms with Gasteiger partial charge in [0, 0.05) is 83.2 Å². The Bertz CT molecular complexity index is 3640. The van der Waals surface area contributed by atoms with Gasteiger partial charge < -0.3 is 15.1 Å². The van der Waals surface area contributed by atoms with Crippen molar-refractivity contribution < 1.29 is 36.6 Å². The standard InChI is InChI=1S/C48H32ClN7O8S2/c1-56(2)41-23-24-50-45-34(41)8-5-11-42(45)65(61,62)55-38-22-19-32(25-33(38)18-14-30-16-21-40(48(59)60)52-27-30)36-28-53-46-35(44(36)49)9-6-12-43(46)66(63,64)54-37-10-4-3-7-31(37)17-13-29-15-20-39(47(57)58)51-26-29/h3-12,15-16,19-28,54-55H,1-2H3,(H,57,58)(H,59,60). The normalized spacial score (nSPS) is 11.2. The number of fused-ring (bicyclic) bond motifs is 2. The van der Waals surface area contributed by atoms with Crippen molar-refractivity contribution >= 4 is 82.5 Å². The zero-order valence-electron chi connectivity index (χ0n) is 34.5. The number of hydrogen-bond acceptors (Lipinski definition) is 11. The maximum atomic E-state index is 14.2. The van der Waals surface area contributed by atoms with Gasteiger partial charge in [0.2, 0.25) is 0 Å². The highest BCUT2D eigenvalue weighted by Crippen LogP contribution is 2.38. The fourth-order valence-electron chi connectivity index (χ4n) is 6.78. The molecule has 0 unspecified atom stereocenters. The number of anilines is 3. The Morgan fingerprint density at radius 3 is 1.73 bits per heavy atom. The molecule has 4 aromatic carbocycles. The van der Waals surface area contributed by atoms with Crippen molar-refractivity contribution in [3.63, 3.8) is 0 Å². The summed E-state index contributed by atoms with van der Waals surface area (Å²) in [6.45, 7) is 0. The van der Waals surface area contributed by atoms with Gasteiger partial charge in [-0.1, -0.05) is 77.7 Å². The van der Waals surface area contributed by atoms with E-state index in [0.29, 0.717) is 38.6 Å². The number of nitrogens with zero attached hydrogens (tertiary/aromatic N) is 5. The quantitative estimate of drug-likeness (QED) is 0.0965. The second kappa shape index (κ2) is 18.0. The fourth-order valence-corrected chi connectivity index (χ4v) is 9.59. The minimum Gasteiger partial charge on any atom is -0.477 e. The molecule has 0 atom stereocenters. The van der Waals surface area contributed by atoms with Crippen LogP contribution in [0.1, 0.15) is 43.2 Å². The maximum absolute atomic E-state index is 14.2. The van der Waals surface area contributed by atoms with Gasteiger partial charge in [-0.25, -0.2) is 36.4 Å². The first-order chi connectivity index (χ1) is 31.6. The number of nitrogens with one attached hydrogen (secondary N) is 2. The molecule has 4 aromatic heterocycles. The summed E-state index contributed by atoms with van der Waals surface area (Å²) in [7, 11) is -4.92. The van der Waals surface area contributed by atoms with Gasteiger partial charge in [-0.05, 0) is 72.3 Å². The Morgan fingerprint density at radius 1 is 0.591 bits per heavy atom. The van der Waals surface area contributed by atoms with Crippen LogP contribution in [-0.2, 0) is 20.0 Å². The van der Waals surface area contributed by atoms with E-state index in [1.165, 1.54) is 73.3 Å². The Labute approximate surface area is 382 Å². The first-order valence-corrected chi connectivity index (χ1v) is 22.8. The van der Waals surface area contributed by atoms with Gasteiger partial charge in [-0.3, -0.25) is 19.4 Å². The van der Waals surface area contributed by atoms with Crippen molar-refractivity contribution in [2.24, 2.45) is 0 Å². The van der Waals surface area contributed by atoms with Crippen LogP contribution in [0.2, 0.25) is 5.02 Å². The van der Waals surface area contributed by atoms with Crippen LogP contribution in [0.15, 0.2) is 144 Å². The molecule has 0 spiro atoms. The Hall–Kier alpha value is -8.35. The van der Waals surface area contributed by atoms with Crippen molar-refractivity contribution in [1.29, 1.82) is 0 Å². The number of para-hydroxylation sites is 3. The molecule has 0 amide bonds. The molecule has 0 aliphatic carbocycles. The molecule has 0 aliphatic rings. The highest BCUT2D eigenvalue weighted by Gasteiger charge is 2.24. The van der Waals surface area contributed by atoms with Gasteiger partial charge in [0.1, 0.15) is 21.2 Å². The number of carboxylic acids is 2. The number of carboxylic acid groups (broad SMARTS) is 2. The van der Waals surface area contributed by atoms with E-state index in [4.69, 9.17) is 16.7 Å². The summed E-state index contributed by atoms with van der Waals surface area (Å²) in [6.07, 6.45) is 5.53. The summed E-state index contributed by atoms with van der Waals surface area (Å²) < 4.78 is 61.7. The van der Waals surface area contributed by atoms with E-state index in [-0.39, 0.29) is 54.2 Å². The van der Waals surface area contributed by atoms with Crippen molar-refractivity contribution in [3.8, 4) is 34.8 Å². The lowest BCUT2D eigenvalue weighted by atomic mass is 10.0. The third-order valence-corrected chi connectivity index (χ3v) is 13.2. The lowest BCUT2D eigenvalue weighted by molar-refractivity contribution is 0.0680. The molecule has 15 nitrogen and oxygen atoms in total. The molecule has 66 heavy (non-hydrogen) atoms. The van der Waals surface area contributed by atoms with E-state index in [9.17, 15) is 31.5 Å². The molecule has 4 N–H and O–H groups in total. The number of benzene rings is 4. The van der Waals surface area contributed by atoms with Crippen LogP contribution in [0.3, 0.4) is 0 Å². The molecule has 8 rings (SSSR count). The predicted octanol–water partition coefficient (Wildman–Crippen LogP) is 7.76. The molecule has 4 heterocycles. The summed E-state index contributed by atoms with van der Waals surface area (Å²) in [5.74, 6) is 9.31. The number of sulfonamides is 2. The van der Waals surface area contributed by atoms with Crippen LogP contribution in [0, 0.1) is 23.7 Å². The molecule has 0 radical (unpaired) electrons. The number of hydrogen-bond donors (Lipinski definition) is 4. The van der Waals surface area contributed by atoms with E-state index in [2.05, 4.69) is 53.1 Å². The average Bonchev–Trinajstić information content (AvgIpc) is 3.30. The summed E-state index contributed by atoms with van der Waals surface area (Å²) in [6, 6.07) is 28.0. The van der Waals surface area contributed by atoms with E-state index < -0.39 is 32.0 Å². The first-order valence-electron chi connectivity index (χ1n) is 19.4. The molecule has 0 saturated carbocycles. The molecule has 326 valence electrons. The van der Waals surface area contributed by atoms with Gasteiger partial charge in [-0.15, -0.1) is 0 Å². The third-order valence-electron chi connectivity index (χ3n) is 9.96. The second-order valence-electron chi connectivity index (χ2n) is 14.5. The number of aromatic carboxylic acids is 2. The zero-order valence-corrected chi connectivity index (χ0v) is 36.9. The SMILES string of the molecule is CN(C)c1ccnc2c(S(=O)(=O)Nc3ccc(-c4cnc5c(S(=O)(=O)Nc6ccccc6C#Cc6ccc(C(=O)O)nc6)cccc5c4Cl)cc3C#Cc3ccc(C(=O)O)nc3)cccc12. The molecular formula is C48H32ClN7O8S2. The lowest BCUT2D eigenvalue weighted by Gasteiger charge is -2.17. The van der Waals surface area contributed by atoms with Crippen LogP contribution in [0.25, 0.3) is 32.9 Å². The largest absolute Gasteiger partial charge is 0.477 e. The number of aromatic nitrogens is 4. The van der Waals surface area contributed by atoms with Crippen LogP contribution in [0.4, 0.5) is 17.1 Å². The molecule has 18 heteroatoms. The van der Waals surface area contributed by atoms with Crippen molar-refractivity contribution in [1.82, 2.24) is 19.9 Å². The smallest absolute Gasteiger partial charge is 0.354 e. The highest BCUT2D eigenvalue weighted by molar-refractivity contribution is 7.93. The van der Waals surface area contributed by atoms with Crippen molar-refractivity contribution in [2.75, 3.05) is 28.4 Å². The minimum atomic E-state index is -4.31. The van der Waals surface area contributed by atoms with Crippen LogP contribution in [0.5, 0.6) is 0 Å². The van der Waals surface area contributed by atoms with E-state index in [1.54, 1.807) is 60.7 Å². The van der Waals surface area contributed by atoms with Gasteiger partial charge in [0.25, 0.3) is 20.0 Å². The molecule has 0 fully saturated rings. The molecule has 0 aliphatic heterocycles. The number of halogens is 1. The summed E-state index contributed by atoms with van der Waals surface area (Å²) in [4.78, 5) is 41.0. The number of pyridine rings is 4. The summed E-state index contributed by atoms with van der Waals surface area (Å²) in [5.41, 5.74) is 3.17. The van der Waals surface area contributed by atoms with Crippen LogP contribution in [-0.4, -0.2) is 73.0 Å². The van der Waals surface area contributed by atoms with E-state index in [1.807, 2.05) is 19.0 Å². The van der Waals surface area contributed by atoms with E-state index >= 15 is 0 Å². The Balaban J connectivity index is 1.16. The first kappa shape index (κ1) is 44.3. The second-order valence-corrected chi connectivity index (χ2v) is 18.2. The molecule has 0 bridgehead atoms. The monoisotopic (exact) mass is 933 g/mol. The maximum Gasteiger partial charge on any atom is 0.354 e. The number of rotatable bonds is 10. The summed E-state index contributed by atoms with van der Waals surface area (Å²) in [5, 5.41) is 19.5.